The summed E-state index contributed by atoms with van der Waals surface area (Å²) in [6.45, 7) is 16.0. The Morgan fingerprint density at radius 1 is 0.848 bits per heavy atom. The molecule has 0 saturated carbocycles. The van der Waals surface area contributed by atoms with Crippen LogP contribution in [0, 0.1) is 11.3 Å². The molecule has 5 atom stereocenters. The number of nitrogens with one attached hydrogen (secondary N) is 1. The minimum atomic E-state index is -2.67. The first-order valence-electron chi connectivity index (χ1n) is 22.2. The van der Waals surface area contributed by atoms with Crippen LogP contribution < -0.4 is 20.5 Å². The van der Waals surface area contributed by atoms with Crippen molar-refractivity contribution >= 4 is 28.6 Å². The summed E-state index contributed by atoms with van der Waals surface area (Å²) in [5.41, 5.74) is 1.03. The number of methoxy groups -OCH3 is 2. The van der Waals surface area contributed by atoms with Crippen LogP contribution in [-0.4, -0.2) is 87.3 Å². The third-order valence-corrected chi connectivity index (χ3v) is 18.5. The molecule has 1 fully saturated rings. The summed E-state index contributed by atoms with van der Waals surface area (Å²) in [5.74, 6) is 1.05. The van der Waals surface area contributed by atoms with Gasteiger partial charge >= 0.3 is 5.69 Å². The van der Waals surface area contributed by atoms with Crippen LogP contribution in [0.15, 0.2) is 126 Å². The molecule has 0 aliphatic carbocycles. The van der Waals surface area contributed by atoms with Crippen LogP contribution in [0.1, 0.15) is 74.3 Å². The number of nitrogens with zero attached hydrogens (tertiary/aromatic N) is 4. The number of anilines is 1. The van der Waals surface area contributed by atoms with Crippen molar-refractivity contribution in [2.24, 2.45) is 0 Å². The molecule has 1 saturated heterocycles. The van der Waals surface area contributed by atoms with Gasteiger partial charge < -0.3 is 37.7 Å². The number of nitriles is 1. The molecule has 1 unspecified atom stereocenters. The SMILES string of the molecule is CCN(CC)P(OCCC#N)O[C@H]1[C@@H](O[Si](C)(C)C(C)(C)C)[C@H](n2ccc(NC(=O)c3ccccc3)nc2=O)O[C@@H]1COC(c1ccccc1)(c1ccc(OC)cc1)c1ccc(OC)cc1. The average Bonchev–Trinajstić information content (AvgIpc) is 3.64. The van der Waals surface area contributed by atoms with Crippen LogP contribution >= 0.6 is 8.53 Å². The van der Waals surface area contributed by atoms with Gasteiger partial charge in [-0.1, -0.05) is 107 Å². The lowest BCUT2D eigenvalue weighted by Gasteiger charge is -2.41. The topological polar surface area (TPSA) is 156 Å². The van der Waals surface area contributed by atoms with Gasteiger partial charge in [0.15, 0.2) is 14.5 Å². The molecule has 6 rings (SSSR count). The van der Waals surface area contributed by atoms with Crippen molar-refractivity contribution in [2.75, 3.05) is 45.8 Å². The Kier molecular flexibility index (Phi) is 17.1. The van der Waals surface area contributed by atoms with E-state index in [9.17, 15) is 14.9 Å². The fourth-order valence-corrected chi connectivity index (χ4v) is 10.3. The van der Waals surface area contributed by atoms with Crippen LogP contribution in [-0.2, 0) is 28.5 Å². The van der Waals surface area contributed by atoms with Crippen molar-refractivity contribution in [3.63, 3.8) is 0 Å². The lowest BCUT2D eigenvalue weighted by Crippen LogP contribution is -2.50. The average molecular weight is 936 g/mol. The predicted molar refractivity (Wildman–Crippen MR) is 258 cm³/mol. The summed E-state index contributed by atoms with van der Waals surface area (Å²) >= 11 is 0. The second-order valence-corrected chi connectivity index (χ2v) is 23.5. The lowest BCUT2D eigenvalue weighted by molar-refractivity contribution is -0.0941. The van der Waals surface area contributed by atoms with Crippen molar-refractivity contribution < 1.29 is 37.2 Å². The molecule has 66 heavy (non-hydrogen) atoms. The van der Waals surface area contributed by atoms with Gasteiger partial charge in [0.2, 0.25) is 0 Å². The van der Waals surface area contributed by atoms with Gasteiger partial charge in [0, 0.05) is 24.8 Å². The van der Waals surface area contributed by atoms with E-state index >= 15 is 0 Å². The van der Waals surface area contributed by atoms with E-state index < -0.39 is 58.6 Å². The number of hydrogen-bond acceptors (Lipinski definition) is 12. The summed E-state index contributed by atoms with van der Waals surface area (Å²) < 4.78 is 50.0. The van der Waals surface area contributed by atoms with Crippen molar-refractivity contribution in [3.05, 3.63) is 154 Å². The monoisotopic (exact) mass is 935 g/mol. The second kappa shape index (κ2) is 22.5. The van der Waals surface area contributed by atoms with Crippen molar-refractivity contribution in [1.82, 2.24) is 14.2 Å². The van der Waals surface area contributed by atoms with E-state index in [0.717, 1.165) is 16.7 Å². The fraction of sp³-hybridized carbons (Fsp3) is 0.400. The number of benzene rings is 4. The largest absolute Gasteiger partial charge is 0.497 e. The van der Waals surface area contributed by atoms with E-state index in [1.54, 1.807) is 50.7 Å². The third-order valence-electron chi connectivity index (χ3n) is 12.1. The molecule has 0 spiro atoms. The molecule has 2 heterocycles. The number of ether oxygens (including phenoxy) is 4. The highest BCUT2D eigenvalue weighted by Gasteiger charge is 2.54. The fourth-order valence-electron chi connectivity index (χ4n) is 7.48. The Bertz CT molecular complexity index is 2380. The molecule has 1 aliphatic rings. The number of carbonyl (C=O) groups excluding carboxylic acids is 1. The first-order valence-corrected chi connectivity index (χ1v) is 26.2. The van der Waals surface area contributed by atoms with Crippen LogP contribution in [0.5, 0.6) is 11.5 Å². The highest BCUT2D eigenvalue weighted by molar-refractivity contribution is 7.44. The molecule has 0 bridgehead atoms. The van der Waals surface area contributed by atoms with Gasteiger partial charge in [-0.05, 0) is 77.3 Å². The third kappa shape index (κ3) is 11.5. The Labute approximate surface area is 390 Å². The van der Waals surface area contributed by atoms with E-state index in [1.807, 2.05) is 98.8 Å². The second-order valence-electron chi connectivity index (χ2n) is 17.2. The number of aromatic nitrogens is 2. The van der Waals surface area contributed by atoms with E-state index in [2.05, 4.69) is 54.9 Å². The molecule has 0 radical (unpaired) electrons. The highest BCUT2D eigenvalue weighted by Crippen LogP contribution is 2.51. The number of hydrogen-bond donors (Lipinski definition) is 1. The van der Waals surface area contributed by atoms with Crippen molar-refractivity contribution in [1.29, 1.82) is 5.26 Å². The zero-order chi connectivity index (χ0) is 47.5. The quantitative estimate of drug-likeness (QED) is 0.0322. The van der Waals surface area contributed by atoms with Gasteiger partial charge in [0.25, 0.3) is 14.4 Å². The van der Waals surface area contributed by atoms with Crippen LogP contribution in [0.25, 0.3) is 0 Å². The van der Waals surface area contributed by atoms with E-state index in [1.165, 1.54) is 4.57 Å². The van der Waals surface area contributed by atoms with Gasteiger partial charge in [0.05, 0.1) is 39.9 Å². The zero-order valence-electron chi connectivity index (χ0n) is 39.3. The van der Waals surface area contributed by atoms with Crippen molar-refractivity contribution in [2.45, 2.75) is 89.3 Å². The van der Waals surface area contributed by atoms with Crippen LogP contribution in [0.2, 0.25) is 18.1 Å². The van der Waals surface area contributed by atoms with Gasteiger partial charge in [-0.2, -0.15) is 10.2 Å². The molecular weight excluding hydrogens is 874 g/mol. The Balaban J connectivity index is 1.50. The minimum Gasteiger partial charge on any atom is -0.497 e. The molecule has 4 aromatic carbocycles. The van der Waals surface area contributed by atoms with E-state index in [4.69, 9.17) is 32.4 Å². The summed E-state index contributed by atoms with van der Waals surface area (Å²) in [7, 11) is -1.20. The molecule has 350 valence electrons. The van der Waals surface area contributed by atoms with E-state index in [0.29, 0.717) is 30.2 Å². The van der Waals surface area contributed by atoms with Gasteiger partial charge in [-0.3, -0.25) is 9.36 Å². The molecule has 14 nitrogen and oxygen atoms in total. The summed E-state index contributed by atoms with van der Waals surface area (Å²) in [5, 5.41) is 12.0. The molecule has 1 aliphatic heterocycles. The summed E-state index contributed by atoms with van der Waals surface area (Å²) in [6, 6.07) is 37.9. The standard InChI is InChI=1S/C50H62N5O9PSi/c1-10-54(11-2)65(61-34-18-32-51)63-44-42(35-60-50(37-21-16-13-17-22-37,38-23-27-40(58-6)28-24-38)39-25-29-41(59-7)30-26-39)62-47(45(44)64-66(8,9)49(3,4)5)55-33-31-43(53-48(55)57)52-46(56)36-19-14-12-15-20-36/h12-17,19-31,33,42,44-45,47H,10-11,18,34-35H2,1-9H3,(H,52,53,56,57)/t42-,44-,45-,47-,65?/m1/s1. The maximum absolute atomic E-state index is 14.3. The number of amides is 1. The lowest BCUT2D eigenvalue weighted by atomic mass is 9.80. The molecule has 5 aromatic rings. The predicted octanol–water partition coefficient (Wildman–Crippen LogP) is 9.69. The number of rotatable bonds is 21. The van der Waals surface area contributed by atoms with E-state index in [-0.39, 0.29) is 30.5 Å². The first kappa shape index (κ1) is 50.1. The number of carbonyl (C=O) groups is 1. The normalized spacial score (nSPS) is 18.1. The Morgan fingerprint density at radius 3 is 1.92 bits per heavy atom. The maximum atomic E-state index is 14.3. The van der Waals surface area contributed by atoms with Crippen molar-refractivity contribution in [3.8, 4) is 17.6 Å². The molecule has 1 amide bonds. The van der Waals surface area contributed by atoms with Gasteiger partial charge in [0.1, 0.15) is 41.2 Å². The van der Waals surface area contributed by atoms with Crippen LogP contribution in [0.3, 0.4) is 0 Å². The molecule has 1 N–H and O–H groups in total. The maximum Gasteiger partial charge on any atom is 0.351 e. The van der Waals surface area contributed by atoms with Gasteiger partial charge in [-0.25, -0.2) is 9.46 Å². The summed E-state index contributed by atoms with van der Waals surface area (Å²) in [4.78, 5) is 31.7. The van der Waals surface area contributed by atoms with Gasteiger partial charge in [-0.15, -0.1) is 0 Å². The minimum absolute atomic E-state index is 0.0570. The first-order chi connectivity index (χ1) is 31.7. The molecule has 1 aromatic heterocycles. The summed E-state index contributed by atoms with van der Waals surface area (Å²) in [6.07, 6.45) is -1.95. The molecule has 16 heteroatoms. The molecular formula is C50H62N5O9PSi. The Hall–Kier alpha value is -5.27. The zero-order valence-corrected chi connectivity index (χ0v) is 41.2. The smallest absolute Gasteiger partial charge is 0.351 e. The Morgan fingerprint density at radius 2 is 1.41 bits per heavy atom. The highest BCUT2D eigenvalue weighted by atomic mass is 31.2. The van der Waals surface area contributed by atoms with Crippen LogP contribution in [0.4, 0.5) is 5.82 Å².